The van der Waals surface area contributed by atoms with Crippen LogP contribution in [0.25, 0.3) is 0 Å². The van der Waals surface area contributed by atoms with Crippen molar-refractivity contribution < 1.29 is 9.26 Å². The summed E-state index contributed by atoms with van der Waals surface area (Å²) in [5, 5.41) is 7.55. The fourth-order valence-corrected chi connectivity index (χ4v) is 3.58. The van der Waals surface area contributed by atoms with E-state index < -0.39 is 0 Å². The number of nitrogens with zero attached hydrogens (tertiary/aromatic N) is 3. The zero-order chi connectivity index (χ0) is 13.4. The number of hydrogen-bond acceptors (Lipinski definition) is 6. The Balaban J connectivity index is 1.44. The number of ether oxygens (including phenoxy) is 1. The third-order valence-corrected chi connectivity index (χ3v) is 4.78. The number of rotatable bonds is 2. The van der Waals surface area contributed by atoms with Crippen LogP contribution in [0.1, 0.15) is 49.4 Å². The molecule has 4 rings (SSSR count). The lowest BCUT2D eigenvalue weighted by Crippen LogP contribution is -2.42. The molecule has 3 atom stereocenters. The van der Waals surface area contributed by atoms with E-state index in [-0.39, 0.29) is 6.10 Å². The van der Waals surface area contributed by atoms with Gasteiger partial charge in [-0.1, -0.05) is 5.16 Å². The van der Waals surface area contributed by atoms with Gasteiger partial charge in [-0.15, -0.1) is 0 Å². The molecule has 0 amide bonds. The minimum atomic E-state index is -0.0154. The molecule has 0 bridgehead atoms. The summed E-state index contributed by atoms with van der Waals surface area (Å²) in [6, 6.07) is 0.611. The lowest BCUT2D eigenvalue weighted by Gasteiger charge is -2.33. The van der Waals surface area contributed by atoms with Crippen LogP contribution in [0, 0.1) is 0 Å². The van der Waals surface area contributed by atoms with E-state index in [9.17, 15) is 0 Å². The van der Waals surface area contributed by atoms with Crippen molar-refractivity contribution in [1.29, 1.82) is 0 Å². The van der Waals surface area contributed by atoms with Gasteiger partial charge in [0.15, 0.2) is 0 Å². The van der Waals surface area contributed by atoms with Gasteiger partial charge < -0.3 is 14.6 Å². The van der Waals surface area contributed by atoms with E-state index in [0.717, 1.165) is 44.4 Å². The number of piperidine rings is 1. The summed E-state index contributed by atoms with van der Waals surface area (Å²) in [5.74, 6) is 1.88. The lowest BCUT2D eigenvalue weighted by atomic mass is 10.00. The summed E-state index contributed by atoms with van der Waals surface area (Å²) >= 11 is 0. The number of nitrogens with one attached hydrogen (secondary N) is 1. The Morgan fingerprint density at radius 1 is 1.25 bits per heavy atom. The second-order valence-corrected chi connectivity index (χ2v) is 6.15. The highest BCUT2D eigenvalue weighted by Gasteiger charge is 2.35. The van der Waals surface area contributed by atoms with Gasteiger partial charge in [-0.2, -0.15) is 4.98 Å². The molecule has 6 nitrogen and oxygen atoms in total. The number of morpholine rings is 1. The van der Waals surface area contributed by atoms with E-state index in [0.29, 0.717) is 12.0 Å². The molecule has 20 heavy (non-hydrogen) atoms. The molecular formula is C14H22N4O2. The van der Waals surface area contributed by atoms with Crippen LogP contribution >= 0.6 is 0 Å². The monoisotopic (exact) mass is 278 g/mol. The van der Waals surface area contributed by atoms with Crippen LogP contribution in [0.5, 0.6) is 0 Å². The molecule has 0 aromatic carbocycles. The average molecular weight is 278 g/mol. The van der Waals surface area contributed by atoms with Crippen molar-refractivity contribution in [2.75, 3.05) is 32.8 Å². The fourth-order valence-electron chi connectivity index (χ4n) is 3.58. The third-order valence-electron chi connectivity index (χ3n) is 4.78. The Morgan fingerprint density at radius 2 is 2.25 bits per heavy atom. The van der Waals surface area contributed by atoms with Gasteiger partial charge in [0.1, 0.15) is 6.10 Å². The Hall–Kier alpha value is -0.980. The molecule has 0 spiro atoms. The van der Waals surface area contributed by atoms with E-state index in [2.05, 4.69) is 20.4 Å². The molecule has 0 saturated carbocycles. The van der Waals surface area contributed by atoms with Crippen molar-refractivity contribution in [3.63, 3.8) is 0 Å². The van der Waals surface area contributed by atoms with Crippen LogP contribution in [-0.4, -0.2) is 53.9 Å². The van der Waals surface area contributed by atoms with Crippen molar-refractivity contribution >= 4 is 0 Å². The Bertz CT molecular complexity index is 458. The molecule has 0 radical (unpaired) electrons. The molecule has 0 aliphatic carbocycles. The van der Waals surface area contributed by atoms with Gasteiger partial charge in [0.25, 0.3) is 0 Å². The van der Waals surface area contributed by atoms with Crippen LogP contribution in [0.3, 0.4) is 0 Å². The largest absolute Gasteiger partial charge is 0.367 e. The maximum absolute atomic E-state index is 5.94. The molecule has 110 valence electrons. The standard InChI is InChI=1S/C14H22N4O2/c1-3-10(7-15-5-1)14-16-13(17-20-14)12-8-18-6-2-4-11(18)9-19-12/h10-12,15H,1-9H2/t10-,11?,12?/m1/s1. The zero-order valence-corrected chi connectivity index (χ0v) is 11.8. The van der Waals surface area contributed by atoms with Crippen molar-refractivity contribution in [2.45, 2.75) is 43.7 Å². The summed E-state index contributed by atoms with van der Waals surface area (Å²) in [6.07, 6.45) is 4.84. The van der Waals surface area contributed by atoms with Gasteiger partial charge in [-0.25, -0.2) is 0 Å². The van der Waals surface area contributed by atoms with Gasteiger partial charge in [0, 0.05) is 19.1 Å². The summed E-state index contributed by atoms with van der Waals surface area (Å²) < 4.78 is 11.4. The molecule has 3 fully saturated rings. The molecule has 6 heteroatoms. The fraction of sp³-hybridized carbons (Fsp3) is 0.857. The minimum absolute atomic E-state index is 0.0154. The summed E-state index contributed by atoms with van der Waals surface area (Å²) in [5.41, 5.74) is 0. The maximum Gasteiger partial charge on any atom is 0.231 e. The Kier molecular flexibility index (Phi) is 3.45. The predicted octanol–water partition coefficient (Wildman–Crippen LogP) is 1.07. The van der Waals surface area contributed by atoms with Crippen LogP contribution in [0.15, 0.2) is 4.52 Å². The van der Waals surface area contributed by atoms with Crippen molar-refractivity contribution in [2.24, 2.45) is 0 Å². The summed E-state index contributed by atoms with van der Waals surface area (Å²) in [7, 11) is 0. The van der Waals surface area contributed by atoms with Crippen molar-refractivity contribution in [1.82, 2.24) is 20.4 Å². The average Bonchev–Trinajstić information content (AvgIpc) is 3.16. The van der Waals surface area contributed by atoms with E-state index in [1.165, 1.54) is 25.8 Å². The van der Waals surface area contributed by atoms with Crippen molar-refractivity contribution in [3.05, 3.63) is 11.7 Å². The van der Waals surface area contributed by atoms with Gasteiger partial charge in [-0.3, -0.25) is 4.90 Å². The van der Waals surface area contributed by atoms with Crippen molar-refractivity contribution in [3.8, 4) is 0 Å². The molecule has 1 aromatic rings. The number of hydrogen-bond donors (Lipinski definition) is 1. The normalized spacial score (nSPS) is 35.1. The summed E-state index contributed by atoms with van der Waals surface area (Å²) in [4.78, 5) is 7.11. The van der Waals surface area contributed by atoms with Crippen LogP contribution in [0.4, 0.5) is 0 Å². The molecular weight excluding hydrogens is 256 g/mol. The highest BCUT2D eigenvalue weighted by atomic mass is 16.5. The molecule has 3 aliphatic rings. The summed E-state index contributed by atoms with van der Waals surface area (Å²) in [6.45, 7) is 4.94. The Morgan fingerprint density at radius 3 is 3.15 bits per heavy atom. The van der Waals surface area contributed by atoms with Crippen LogP contribution in [0.2, 0.25) is 0 Å². The van der Waals surface area contributed by atoms with E-state index in [4.69, 9.17) is 9.26 Å². The molecule has 2 unspecified atom stereocenters. The first kappa shape index (κ1) is 12.7. The number of aromatic nitrogens is 2. The zero-order valence-electron chi connectivity index (χ0n) is 11.8. The predicted molar refractivity (Wildman–Crippen MR) is 72.4 cm³/mol. The Labute approximate surface area is 118 Å². The molecule has 3 saturated heterocycles. The molecule has 3 aliphatic heterocycles. The van der Waals surface area contributed by atoms with Gasteiger partial charge in [-0.05, 0) is 38.8 Å². The first-order valence-corrected chi connectivity index (χ1v) is 7.80. The first-order chi connectivity index (χ1) is 9.90. The quantitative estimate of drug-likeness (QED) is 0.873. The highest BCUT2D eigenvalue weighted by molar-refractivity contribution is 5.01. The maximum atomic E-state index is 5.94. The highest BCUT2D eigenvalue weighted by Crippen LogP contribution is 2.30. The SMILES string of the molecule is C1CNC[C@H](c2nc(C3CN4CCCC4CO3)no2)C1. The lowest BCUT2D eigenvalue weighted by molar-refractivity contribution is -0.0548. The van der Waals surface area contributed by atoms with Crippen LogP contribution in [-0.2, 0) is 4.74 Å². The third kappa shape index (κ3) is 2.36. The van der Waals surface area contributed by atoms with E-state index in [1.807, 2.05) is 0 Å². The second kappa shape index (κ2) is 5.42. The van der Waals surface area contributed by atoms with E-state index >= 15 is 0 Å². The van der Waals surface area contributed by atoms with Gasteiger partial charge >= 0.3 is 0 Å². The topological polar surface area (TPSA) is 63.4 Å². The minimum Gasteiger partial charge on any atom is -0.367 e. The van der Waals surface area contributed by atoms with E-state index in [1.54, 1.807) is 0 Å². The first-order valence-electron chi connectivity index (χ1n) is 7.80. The molecule has 1 aromatic heterocycles. The number of fused-ring (bicyclic) bond motifs is 1. The smallest absolute Gasteiger partial charge is 0.231 e. The molecule has 1 N–H and O–H groups in total. The van der Waals surface area contributed by atoms with Gasteiger partial charge in [0.05, 0.1) is 12.5 Å². The van der Waals surface area contributed by atoms with Gasteiger partial charge in [0.2, 0.25) is 11.7 Å². The van der Waals surface area contributed by atoms with Crippen LogP contribution < -0.4 is 5.32 Å². The molecule has 4 heterocycles. The second-order valence-electron chi connectivity index (χ2n) is 6.15.